The highest BCUT2D eigenvalue weighted by molar-refractivity contribution is 5.72. The summed E-state index contributed by atoms with van der Waals surface area (Å²) in [5, 5.41) is 0. The molecule has 0 bridgehead atoms. The van der Waals surface area contributed by atoms with E-state index in [0.29, 0.717) is 25.0 Å². The zero-order chi connectivity index (χ0) is 24.9. The molecule has 0 saturated carbocycles. The molecule has 0 aliphatic heterocycles. The van der Waals surface area contributed by atoms with Gasteiger partial charge >= 0.3 is 0 Å². The third-order valence-electron chi connectivity index (χ3n) is 6.89. The first-order chi connectivity index (χ1) is 16.8. The highest BCUT2D eigenvalue weighted by Gasteiger charge is 2.13. The van der Waals surface area contributed by atoms with Gasteiger partial charge in [0.15, 0.2) is 0 Å². The molecule has 0 N–H and O–H groups in total. The lowest BCUT2D eigenvalue weighted by atomic mass is 9.89. The predicted octanol–water partition coefficient (Wildman–Crippen LogP) is 9.60. The Morgan fingerprint density at radius 3 is 1.29 bits per heavy atom. The maximum atomic E-state index is 6.25. The molecule has 0 unspecified atom stereocenters. The second-order valence-corrected chi connectivity index (χ2v) is 10.3. The monoisotopic (exact) mass is 462 g/mol. The fraction of sp³-hybridized carbons (Fsp3) is 0.294. The molecule has 180 valence electrons. The summed E-state index contributed by atoms with van der Waals surface area (Å²) in [7, 11) is 0. The molecule has 1 heteroatoms. The van der Waals surface area contributed by atoms with Crippen molar-refractivity contribution in [3.05, 3.63) is 118 Å². The molecule has 0 aliphatic carbocycles. The van der Waals surface area contributed by atoms with Crippen LogP contribution in [0.5, 0.6) is 0 Å². The summed E-state index contributed by atoms with van der Waals surface area (Å²) in [6.45, 7) is 14.6. The minimum atomic E-state index is 0.471. The highest BCUT2D eigenvalue weighted by atomic mass is 16.5. The van der Waals surface area contributed by atoms with Crippen molar-refractivity contribution in [3.8, 4) is 22.3 Å². The van der Waals surface area contributed by atoms with Crippen molar-refractivity contribution >= 4 is 0 Å². The lowest BCUT2D eigenvalue weighted by Crippen LogP contribution is -2.00. The number of hydrogen-bond donors (Lipinski definition) is 0. The molecule has 0 amide bonds. The minimum absolute atomic E-state index is 0.471. The van der Waals surface area contributed by atoms with Crippen molar-refractivity contribution in [2.24, 2.45) is 0 Å². The van der Waals surface area contributed by atoms with Gasteiger partial charge in [0, 0.05) is 0 Å². The van der Waals surface area contributed by atoms with Gasteiger partial charge in [-0.05, 0) is 93.5 Å². The number of hydrogen-bond acceptors (Lipinski definition) is 1. The summed E-state index contributed by atoms with van der Waals surface area (Å²) >= 11 is 0. The summed E-state index contributed by atoms with van der Waals surface area (Å²) < 4.78 is 6.25. The van der Waals surface area contributed by atoms with Gasteiger partial charge < -0.3 is 4.74 Å². The van der Waals surface area contributed by atoms with Crippen LogP contribution in [0.25, 0.3) is 22.3 Å². The summed E-state index contributed by atoms with van der Waals surface area (Å²) in [5.74, 6) is 0.942. The smallest absolute Gasteiger partial charge is 0.0721 e. The standard InChI is InChI=1S/C34H38O/c1-23(2)29-17-15-27(19-33(29)31-13-9-7-11-25(31)5)21-35-22-28-16-18-30(24(3)4)34(20-28)32-14-10-8-12-26(32)6/h7-20,23-24H,21-22H2,1-6H3. The average Bonchev–Trinajstić information content (AvgIpc) is 2.84. The van der Waals surface area contributed by atoms with Gasteiger partial charge in [0.05, 0.1) is 13.2 Å². The van der Waals surface area contributed by atoms with Crippen LogP contribution in [-0.2, 0) is 18.0 Å². The van der Waals surface area contributed by atoms with Crippen molar-refractivity contribution < 1.29 is 4.74 Å². The van der Waals surface area contributed by atoms with Gasteiger partial charge in [0.2, 0.25) is 0 Å². The van der Waals surface area contributed by atoms with Crippen LogP contribution in [0.4, 0.5) is 0 Å². The largest absolute Gasteiger partial charge is 0.372 e. The normalized spacial score (nSPS) is 11.4. The molecule has 0 aromatic heterocycles. The molecule has 0 fully saturated rings. The Morgan fingerprint density at radius 2 is 0.914 bits per heavy atom. The molecule has 35 heavy (non-hydrogen) atoms. The Morgan fingerprint density at radius 1 is 0.514 bits per heavy atom. The Hall–Kier alpha value is -3.16. The molecule has 0 radical (unpaired) electrons. The quantitative estimate of drug-likeness (QED) is 0.253. The first-order valence-electron chi connectivity index (χ1n) is 12.8. The maximum Gasteiger partial charge on any atom is 0.0721 e. The number of benzene rings is 4. The van der Waals surface area contributed by atoms with E-state index in [1.165, 1.54) is 55.6 Å². The number of rotatable bonds is 8. The molecule has 0 atom stereocenters. The Kier molecular flexibility index (Phi) is 7.88. The van der Waals surface area contributed by atoms with Crippen molar-refractivity contribution in [1.82, 2.24) is 0 Å². The summed E-state index contributed by atoms with van der Waals surface area (Å²) in [6, 6.07) is 30.9. The van der Waals surface area contributed by atoms with E-state index in [2.05, 4.69) is 126 Å². The van der Waals surface area contributed by atoms with Crippen molar-refractivity contribution in [3.63, 3.8) is 0 Å². The van der Waals surface area contributed by atoms with Gasteiger partial charge in [0.1, 0.15) is 0 Å². The van der Waals surface area contributed by atoms with Gasteiger partial charge in [0.25, 0.3) is 0 Å². The molecular weight excluding hydrogens is 424 g/mol. The zero-order valence-corrected chi connectivity index (χ0v) is 22.1. The molecular formula is C34H38O. The van der Waals surface area contributed by atoms with Crippen LogP contribution in [0, 0.1) is 13.8 Å². The fourth-order valence-electron chi connectivity index (χ4n) is 4.90. The van der Waals surface area contributed by atoms with Crippen LogP contribution in [0.3, 0.4) is 0 Å². The Bertz CT molecular complexity index is 1190. The third-order valence-corrected chi connectivity index (χ3v) is 6.89. The molecule has 4 aromatic carbocycles. The van der Waals surface area contributed by atoms with Gasteiger partial charge in [-0.25, -0.2) is 0 Å². The third kappa shape index (κ3) is 5.74. The van der Waals surface area contributed by atoms with Gasteiger partial charge in [-0.15, -0.1) is 0 Å². The fourth-order valence-corrected chi connectivity index (χ4v) is 4.90. The van der Waals surface area contributed by atoms with E-state index < -0.39 is 0 Å². The highest BCUT2D eigenvalue weighted by Crippen LogP contribution is 2.34. The molecule has 4 aromatic rings. The Labute approximate surface area is 211 Å². The van der Waals surface area contributed by atoms with Gasteiger partial charge in [-0.3, -0.25) is 0 Å². The van der Waals surface area contributed by atoms with E-state index in [9.17, 15) is 0 Å². The second kappa shape index (κ2) is 11.1. The van der Waals surface area contributed by atoms with E-state index in [1.54, 1.807) is 0 Å². The summed E-state index contributed by atoms with van der Waals surface area (Å²) in [4.78, 5) is 0. The van der Waals surface area contributed by atoms with E-state index in [1.807, 2.05) is 0 Å². The Balaban J connectivity index is 1.56. The molecule has 0 aliphatic rings. The van der Waals surface area contributed by atoms with Gasteiger partial charge in [-0.1, -0.05) is 100 Å². The van der Waals surface area contributed by atoms with E-state index >= 15 is 0 Å². The van der Waals surface area contributed by atoms with E-state index in [-0.39, 0.29) is 0 Å². The van der Waals surface area contributed by atoms with Crippen LogP contribution < -0.4 is 0 Å². The van der Waals surface area contributed by atoms with Crippen molar-refractivity contribution in [2.75, 3.05) is 0 Å². The van der Waals surface area contributed by atoms with Gasteiger partial charge in [-0.2, -0.15) is 0 Å². The minimum Gasteiger partial charge on any atom is -0.372 e. The van der Waals surface area contributed by atoms with Crippen molar-refractivity contribution in [1.29, 1.82) is 0 Å². The van der Waals surface area contributed by atoms with Crippen LogP contribution in [0.15, 0.2) is 84.9 Å². The maximum absolute atomic E-state index is 6.25. The molecule has 0 spiro atoms. The summed E-state index contributed by atoms with van der Waals surface area (Å²) in [6.07, 6.45) is 0. The molecule has 1 nitrogen and oxygen atoms in total. The molecule has 0 saturated heterocycles. The zero-order valence-electron chi connectivity index (χ0n) is 22.1. The molecule has 0 heterocycles. The summed E-state index contributed by atoms with van der Waals surface area (Å²) in [5.41, 5.74) is 13.1. The lowest BCUT2D eigenvalue weighted by molar-refractivity contribution is 0.107. The average molecular weight is 463 g/mol. The predicted molar refractivity (Wildman–Crippen MR) is 150 cm³/mol. The van der Waals surface area contributed by atoms with Crippen molar-refractivity contribution in [2.45, 2.75) is 66.6 Å². The topological polar surface area (TPSA) is 9.23 Å². The first kappa shape index (κ1) is 24.9. The number of ether oxygens (including phenoxy) is 1. The van der Waals surface area contributed by atoms with E-state index in [0.717, 1.165) is 0 Å². The molecule has 4 rings (SSSR count). The number of aryl methyl sites for hydroxylation is 2. The van der Waals surface area contributed by atoms with Crippen LogP contribution in [0.1, 0.15) is 72.9 Å². The van der Waals surface area contributed by atoms with E-state index in [4.69, 9.17) is 4.74 Å². The first-order valence-corrected chi connectivity index (χ1v) is 12.8. The van der Waals surface area contributed by atoms with Crippen LogP contribution in [0.2, 0.25) is 0 Å². The van der Waals surface area contributed by atoms with Crippen LogP contribution in [-0.4, -0.2) is 0 Å². The lowest BCUT2D eigenvalue weighted by Gasteiger charge is -2.18. The SMILES string of the molecule is Cc1ccccc1-c1cc(COCc2ccc(C(C)C)c(-c3ccccc3C)c2)ccc1C(C)C. The second-order valence-electron chi connectivity index (χ2n) is 10.3. The van der Waals surface area contributed by atoms with Crippen LogP contribution >= 0.6 is 0 Å².